The van der Waals surface area contributed by atoms with Crippen LogP contribution >= 0.6 is 0 Å². The summed E-state index contributed by atoms with van der Waals surface area (Å²) in [4.78, 5) is 10.8. The van der Waals surface area contributed by atoms with Crippen LogP contribution in [-0.4, -0.2) is 23.0 Å². The van der Waals surface area contributed by atoms with Crippen LogP contribution in [0.1, 0.15) is 5.56 Å². The van der Waals surface area contributed by atoms with Crippen LogP contribution in [0.2, 0.25) is 0 Å². The van der Waals surface area contributed by atoms with Gasteiger partial charge in [0.05, 0.1) is 5.69 Å². The largest absolute Gasteiger partial charge is 0.358 e. The Morgan fingerprint density at radius 1 is 1.50 bits per heavy atom. The molecule has 14 heavy (non-hydrogen) atoms. The number of urea groups is 1. The van der Waals surface area contributed by atoms with Crippen molar-refractivity contribution in [3.8, 4) is 0 Å². The molecule has 2 amide bonds. The third kappa shape index (κ3) is 1.27. The molecule has 1 heterocycles. The van der Waals surface area contributed by atoms with E-state index in [1.807, 2.05) is 24.3 Å². The molecule has 1 aliphatic rings. The molecule has 0 aliphatic carbocycles. The van der Waals surface area contributed by atoms with Crippen LogP contribution in [0.25, 0.3) is 0 Å². The molecule has 3 N–H and O–H groups in total. The van der Waals surface area contributed by atoms with Gasteiger partial charge in [0.2, 0.25) is 0 Å². The molecule has 5 nitrogen and oxygen atoms in total. The third-order valence-corrected chi connectivity index (χ3v) is 2.29. The number of carbonyl (C=O) groups excluding carboxylic acids is 1. The van der Waals surface area contributed by atoms with Gasteiger partial charge in [0.1, 0.15) is 0 Å². The van der Waals surface area contributed by atoms with Gasteiger partial charge in [-0.25, -0.2) is 4.79 Å². The fourth-order valence-corrected chi connectivity index (χ4v) is 1.64. The number of para-hydroxylation sites is 1. The number of rotatable bonds is 1. The quantitative estimate of drug-likeness (QED) is 0.510. The van der Waals surface area contributed by atoms with Crippen molar-refractivity contribution in [2.24, 2.45) is 5.73 Å². The van der Waals surface area contributed by atoms with Crippen molar-refractivity contribution in [2.45, 2.75) is 6.42 Å². The highest BCUT2D eigenvalue weighted by molar-refractivity contribution is 5.74. The van der Waals surface area contributed by atoms with E-state index in [4.69, 9.17) is 5.73 Å². The van der Waals surface area contributed by atoms with E-state index in [9.17, 15) is 10.0 Å². The summed E-state index contributed by atoms with van der Waals surface area (Å²) in [5.41, 5.74) is 6.90. The number of anilines is 1. The Morgan fingerprint density at radius 2 is 2.21 bits per heavy atom. The maximum absolute atomic E-state index is 10.8. The van der Waals surface area contributed by atoms with E-state index in [1.165, 1.54) is 5.01 Å². The first-order valence-electron chi connectivity index (χ1n) is 4.34. The predicted octanol–water partition coefficient (Wildman–Crippen LogP) is 0.734. The summed E-state index contributed by atoms with van der Waals surface area (Å²) in [6.07, 6.45) is 0.806. The zero-order chi connectivity index (χ0) is 10.1. The topological polar surface area (TPSA) is 69.8 Å². The average molecular weight is 193 g/mol. The van der Waals surface area contributed by atoms with Gasteiger partial charge in [-0.2, -0.15) is 0 Å². The summed E-state index contributed by atoms with van der Waals surface area (Å²) < 4.78 is 0. The van der Waals surface area contributed by atoms with E-state index in [0.29, 0.717) is 11.7 Å². The molecule has 0 saturated heterocycles. The van der Waals surface area contributed by atoms with Gasteiger partial charge >= 0.3 is 6.03 Å². The van der Waals surface area contributed by atoms with Crippen LogP contribution in [-0.2, 0) is 6.42 Å². The first-order chi connectivity index (χ1) is 6.70. The zero-order valence-corrected chi connectivity index (χ0v) is 7.55. The normalized spacial score (nSPS) is 13.9. The summed E-state index contributed by atoms with van der Waals surface area (Å²) in [5, 5.41) is 11.3. The zero-order valence-electron chi connectivity index (χ0n) is 7.55. The maximum atomic E-state index is 10.8. The smallest absolute Gasteiger partial charge is 0.348 e. The lowest BCUT2D eigenvalue weighted by atomic mass is 10.2. The molecule has 0 bridgehead atoms. The SMILES string of the molecule is NC(=O)N(O)N1CCc2ccccc21. The van der Waals surface area contributed by atoms with Crippen LogP contribution in [0, 0.1) is 0 Å². The minimum atomic E-state index is -0.873. The minimum absolute atomic E-state index is 0.450. The second-order valence-electron chi connectivity index (χ2n) is 3.13. The number of benzene rings is 1. The standard InChI is InChI=1S/C9H11N3O2/c10-9(13)12(14)11-6-5-7-3-1-2-4-8(7)11/h1-4,14H,5-6H2,(H2,10,13). The van der Waals surface area contributed by atoms with E-state index in [2.05, 4.69) is 0 Å². The molecule has 1 aromatic carbocycles. The second-order valence-corrected chi connectivity index (χ2v) is 3.13. The highest BCUT2D eigenvalue weighted by atomic mass is 16.6. The fourth-order valence-electron chi connectivity index (χ4n) is 1.64. The van der Waals surface area contributed by atoms with Gasteiger partial charge < -0.3 is 5.73 Å². The fraction of sp³-hybridized carbons (Fsp3) is 0.222. The van der Waals surface area contributed by atoms with Crippen molar-refractivity contribution in [1.29, 1.82) is 0 Å². The maximum Gasteiger partial charge on any atom is 0.358 e. The number of hydrazine groups is 1. The number of nitrogens with zero attached hydrogens (tertiary/aromatic N) is 2. The molecule has 0 unspecified atom stereocenters. The number of hydroxylamine groups is 1. The van der Waals surface area contributed by atoms with Gasteiger partial charge in [-0.3, -0.25) is 10.2 Å². The molecule has 1 aromatic rings. The van der Waals surface area contributed by atoms with Crippen LogP contribution in [0.4, 0.5) is 10.5 Å². The Kier molecular flexibility index (Phi) is 2.01. The van der Waals surface area contributed by atoms with Gasteiger partial charge in [-0.05, 0) is 18.1 Å². The molecule has 5 heteroatoms. The van der Waals surface area contributed by atoms with Crippen LogP contribution in [0.5, 0.6) is 0 Å². The van der Waals surface area contributed by atoms with Crippen molar-refractivity contribution in [1.82, 2.24) is 5.17 Å². The van der Waals surface area contributed by atoms with Crippen molar-refractivity contribution >= 4 is 11.7 Å². The highest BCUT2D eigenvalue weighted by Gasteiger charge is 2.25. The number of primary amides is 1. The van der Waals surface area contributed by atoms with Gasteiger partial charge in [0.15, 0.2) is 0 Å². The number of amides is 2. The number of hydrogen-bond acceptors (Lipinski definition) is 3. The number of nitrogens with two attached hydrogens (primary N) is 1. The summed E-state index contributed by atoms with van der Waals surface area (Å²) in [6, 6.07) is 6.71. The molecule has 1 aliphatic heterocycles. The lowest BCUT2D eigenvalue weighted by molar-refractivity contribution is -0.0486. The van der Waals surface area contributed by atoms with Crippen molar-refractivity contribution in [3.63, 3.8) is 0 Å². The Balaban J connectivity index is 2.30. The monoisotopic (exact) mass is 193 g/mol. The number of hydrogen-bond donors (Lipinski definition) is 2. The summed E-state index contributed by atoms with van der Waals surface area (Å²) in [6.45, 7) is 0.568. The van der Waals surface area contributed by atoms with Gasteiger partial charge in [0, 0.05) is 6.54 Å². The third-order valence-electron chi connectivity index (χ3n) is 2.29. The average Bonchev–Trinajstić information content (AvgIpc) is 2.60. The summed E-state index contributed by atoms with van der Waals surface area (Å²) in [5.74, 6) is 0. The molecule has 0 radical (unpaired) electrons. The van der Waals surface area contributed by atoms with Crippen LogP contribution in [0.15, 0.2) is 24.3 Å². The molecular formula is C9H11N3O2. The first-order valence-corrected chi connectivity index (χ1v) is 4.34. The molecule has 0 atom stereocenters. The first kappa shape index (κ1) is 8.83. The summed E-state index contributed by atoms with van der Waals surface area (Å²) in [7, 11) is 0. The minimum Gasteiger partial charge on any atom is -0.348 e. The van der Waals surface area contributed by atoms with Crippen LogP contribution in [0.3, 0.4) is 0 Å². The van der Waals surface area contributed by atoms with E-state index in [1.54, 1.807) is 0 Å². The number of fused-ring (bicyclic) bond motifs is 1. The lowest BCUT2D eigenvalue weighted by Crippen LogP contribution is -2.46. The molecule has 0 spiro atoms. The van der Waals surface area contributed by atoms with Crippen molar-refractivity contribution in [2.75, 3.05) is 11.6 Å². The summed E-state index contributed by atoms with van der Waals surface area (Å²) >= 11 is 0. The van der Waals surface area contributed by atoms with Gasteiger partial charge in [-0.15, -0.1) is 5.17 Å². The lowest BCUT2D eigenvalue weighted by Gasteiger charge is -2.25. The Hall–Kier alpha value is -1.75. The van der Waals surface area contributed by atoms with E-state index in [0.717, 1.165) is 17.7 Å². The molecule has 74 valence electrons. The van der Waals surface area contributed by atoms with E-state index < -0.39 is 6.03 Å². The Bertz CT molecular complexity index is 367. The molecule has 0 fully saturated rings. The predicted molar refractivity (Wildman–Crippen MR) is 50.7 cm³/mol. The molecule has 0 saturated carbocycles. The second kappa shape index (κ2) is 3.19. The van der Waals surface area contributed by atoms with E-state index in [-0.39, 0.29) is 0 Å². The van der Waals surface area contributed by atoms with Gasteiger partial charge in [0.25, 0.3) is 0 Å². The van der Waals surface area contributed by atoms with Gasteiger partial charge in [-0.1, -0.05) is 18.2 Å². The van der Waals surface area contributed by atoms with Crippen LogP contribution < -0.4 is 10.7 Å². The molecule has 0 aromatic heterocycles. The Labute approximate surface area is 81.3 Å². The molecule has 2 rings (SSSR count). The highest BCUT2D eigenvalue weighted by Crippen LogP contribution is 2.27. The van der Waals surface area contributed by atoms with Crippen molar-refractivity contribution in [3.05, 3.63) is 29.8 Å². The van der Waals surface area contributed by atoms with Crippen molar-refractivity contribution < 1.29 is 10.0 Å². The number of carbonyl (C=O) groups is 1. The Morgan fingerprint density at radius 3 is 2.93 bits per heavy atom. The van der Waals surface area contributed by atoms with E-state index >= 15 is 0 Å². The molecular weight excluding hydrogens is 182 g/mol.